The molecular formula is C24H20N2O3S. The highest BCUT2D eigenvalue weighted by Gasteiger charge is 2.23. The van der Waals surface area contributed by atoms with E-state index in [-0.39, 0.29) is 11.8 Å². The number of rotatable bonds is 4. The zero-order valence-corrected chi connectivity index (χ0v) is 17.5. The van der Waals surface area contributed by atoms with Gasteiger partial charge >= 0.3 is 0 Å². The smallest absolute Gasteiger partial charge is 0.286 e. The van der Waals surface area contributed by atoms with Gasteiger partial charge in [-0.2, -0.15) is 4.99 Å². The second kappa shape index (κ2) is 8.55. The monoisotopic (exact) mass is 416 g/mol. The number of ether oxygens (including phenoxy) is 1. The topological polar surface area (TPSA) is 67.8 Å². The van der Waals surface area contributed by atoms with Crippen LogP contribution in [0.4, 0.5) is 0 Å². The molecule has 0 bridgehead atoms. The maximum atomic E-state index is 12.4. The molecule has 0 radical (unpaired) electrons. The maximum Gasteiger partial charge on any atom is 0.286 e. The summed E-state index contributed by atoms with van der Waals surface area (Å²) < 4.78 is 6.14. The number of thioether (sulfide) groups is 1. The summed E-state index contributed by atoms with van der Waals surface area (Å²) >= 11 is 1.15. The Balaban J connectivity index is 1.68. The molecule has 0 saturated carbocycles. The highest BCUT2D eigenvalue weighted by Crippen LogP contribution is 2.35. The number of aryl methyl sites for hydroxylation is 1. The number of hydrogen-bond donors (Lipinski definition) is 1. The third-order valence-electron chi connectivity index (χ3n) is 4.62. The van der Waals surface area contributed by atoms with Gasteiger partial charge in [-0.3, -0.25) is 9.59 Å². The molecular weight excluding hydrogens is 396 g/mol. The van der Waals surface area contributed by atoms with Crippen LogP contribution < -0.4 is 10.1 Å². The molecule has 0 spiro atoms. The molecule has 1 heterocycles. The molecule has 1 aliphatic heterocycles. The van der Waals surface area contributed by atoms with E-state index in [1.807, 2.05) is 55.5 Å². The van der Waals surface area contributed by atoms with Crippen LogP contribution in [-0.4, -0.2) is 17.0 Å². The standard InChI is InChI=1S/C24H20N2O3S/c1-15-7-9-17(10-8-15)14-29-21-12-11-18-5-3-4-6-19(18)20(21)13-22-23(28)26-24(30-22)25-16(2)27/h3-13H,14H2,1-2H3,(H,25,26,27,28)/b22-13-. The highest BCUT2D eigenvalue weighted by molar-refractivity contribution is 8.18. The summed E-state index contributed by atoms with van der Waals surface area (Å²) in [5, 5.41) is 4.89. The van der Waals surface area contributed by atoms with Gasteiger partial charge < -0.3 is 10.1 Å². The number of hydrogen-bond acceptors (Lipinski definition) is 4. The second-order valence-corrected chi connectivity index (χ2v) is 8.02. The number of benzene rings is 3. The summed E-state index contributed by atoms with van der Waals surface area (Å²) in [6.07, 6.45) is 1.79. The SMILES string of the molecule is CC(=O)NC1=NC(=O)/C(=C/c2c(OCc3ccc(C)cc3)ccc3ccccc23)S1. The van der Waals surface area contributed by atoms with Crippen LogP contribution >= 0.6 is 11.8 Å². The Morgan fingerprint density at radius 1 is 1.10 bits per heavy atom. The zero-order chi connectivity index (χ0) is 21.1. The number of aliphatic imine (C=N–C) groups is 1. The Bertz CT molecular complexity index is 1200. The van der Waals surface area contributed by atoms with Gasteiger partial charge in [0.25, 0.3) is 5.91 Å². The van der Waals surface area contributed by atoms with Crippen molar-refractivity contribution < 1.29 is 14.3 Å². The van der Waals surface area contributed by atoms with Crippen LogP contribution in [0.15, 0.2) is 70.6 Å². The molecule has 0 unspecified atom stereocenters. The minimum atomic E-state index is -0.374. The van der Waals surface area contributed by atoms with Gasteiger partial charge in [-0.25, -0.2) is 0 Å². The molecule has 4 rings (SSSR count). The molecule has 30 heavy (non-hydrogen) atoms. The molecule has 5 nitrogen and oxygen atoms in total. The molecule has 0 atom stereocenters. The van der Waals surface area contributed by atoms with E-state index in [2.05, 4.69) is 22.4 Å². The Hall–Kier alpha value is -3.38. The lowest BCUT2D eigenvalue weighted by Gasteiger charge is -2.13. The molecule has 0 aliphatic carbocycles. The van der Waals surface area contributed by atoms with Crippen molar-refractivity contribution in [1.29, 1.82) is 0 Å². The molecule has 1 N–H and O–H groups in total. The summed E-state index contributed by atoms with van der Waals surface area (Å²) in [4.78, 5) is 28.0. The van der Waals surface area contributed by atoms with Gasteiger partial charge in [-0.1, -0.05) is 60.2 Å². The van der Waals surface area contributed by atoms with Crippen LogP contribution in [0.3, 0.4) is 0 Å². The first kappa shape index (κ1) is 19.9. The van der Waals surface area contributed by atoms with E-state index < -0.39 is 0 Å². The number of carbonyl (C=O) groups excluding carboxylic acids is 2. The molecule has 0 fully saturated rings. The summed E-state index contributed by atoms with van der Waals surface area (Å²) in [5.74, 6) is 0.0481. The fourth-order valence-corrected chi connectivity index (χ4v) is 3.98. The van der Waals surface area contributed by atoms with Gasteiger partial charge in [0, 0.05) is 12.5 Å². The van der Waals surface area contributed by atoms with Crippen LogP contribution in [0.25, 0.3) is 16.8 Å². The highest BCUT2D eigenvalue weighted by atomic mass is 32.2. The summed E-state index contributed by atoms with van der Waals surface area (Å²) in [5.41, 5.74) is 3.08. The number of carbonyl (C=O) groups is 2. The minimum Gasteiger partial charge on any atom is -0.488 e. The van der Waals surface area contributed by atoms with Gasteiger partial charge in [0.2, 0.25) is 5.91 Å². The summed E-state index contributed by atoms with van der Waals surface area (Å²) in [6, 6.07) is 20.1. The van der Waals surface area contributed by atoms with Gasteiger partial charge in [0.05, 0.1) is 4.91 Å². The van der Waals surface area contributed by atoms with Crippen molar-refractivity contribution in [1.82, 2.24) is 5.32 Å². The van der Waals surface area contributed by atoms with Crippen molar-refractivity contribution in [3.05, 3.63) is 82.3 Å². The third-order valence-corrected chi connectivity index (χ3v) is 5.52. The van der Waals surface area contributed by atoms with E-state index in [9.17, 15) is 9.59 Å². The maximum absolute atomic E-state index is 12.4. The number of fused-ring (bicyclic) bond motifs is 1. The minimum absolute atomic E-state index is 0.261. The van der Waals surface area contributed by atoms with E-state index in [0.29, 0.717) is 22.4 Å². The lowest BCUT2D eigenvalue weighted by atomic mass is 10.0. The molecule has 1 aliphatic rings. The number of nitrogens with zero attached hydrogens (tertiary/aromatic N) is 1. The molecule has 2 amide bonds. The molecule has 150 valence electrons. The number of amides is 2. The quantitative estimate of drug-likeness (QED) is 0.619. The van der Waals surface area contributed by atoms with Crippen LogP contribution in [0.1, 0.15) is 23.6 Å². The van der Waals surface area contributed by atoms with Crippen molar-refractivity contribution in [2.75, 3.05) is 0 Å². The lowest BCUT2D eigenvalue weighted by Crippen LogP contribution is -2.23. The van der Waals surface area contributed by atoms with Crippen LogP contribution in [0, 0.1) is 6.92 Å². The van der Waals surface area contributed by atoms with E-state index in [4.69, 9.17) is 4.74 Å². The fourth-order valence-electron chi connectivity index (χ4n) is 3.14. The second-order valence-electron chi connectivity index (χ2n) is 6.99. The van der Waals surface area contributed by atoms with Gasteiger partial charge in [0.1, 0.15) is 12.4 Å². The molecule has 3 aromatic rings. The Labute approximate surface area is 178 Å². The predicted octanol–water partition coefficient (Wildman–Crippen LogP) is 4.83. The number of nitrogens with one attached hydrogen (secondary N) is 1. The summed E-state index contributed by atoms with van der Waals surface area (Å²) in [6.45, 7) is 3.85. The third kappa shape index (κ3) is 4.44. The first-order chi connectivity index (χ1) is 14.5. The van der Waals surface area contributed by atoms with E-state index in [1.165, 1.54) is 12.5 Å². The van der Waals surface area contributed by atoms with Crippen molar-refractivity contribution in [3.63, 3.8) is 0 Å². The predicted molar refractivity (Wildman–Crippen MR) is 121 cm³/mol. The lowest BCUT2D eigenvalue weighted by molar-refractivity contribution is -0.117. The normalized spacial score (nSPS) is 14.8. The fraction of sp³-hybridized carbons (Fsp3) is 0.125. The van der Waals surface area contributed by atoms with Crippen molar-refractivity contribution in [2.24, 2.45) is 4.99 Å². The van der Waals surface area contributed by atoms with Crippen molar-refractivity contribution in [2.45, 2.75) is 20.5 Å². The molecule has 3 aromatic carbocycles. The van der Waals surface area contributed by atoms with Gasteiger partial charge in [0.15, 0.2) is 5.17 Å². The molecule has 0 aromatic heterocycles. The van der Waals surface area contributed by atoms with Crippen LogP contribution in [0.5, 0.6) is 5.75 Å². The van der Waals surface area contributed by atoms with Crippen LogP contribution in [0.2, 0.25) is 0 Å². The van der Waals surface area contributed by atoms with Crippen molar-refractivity contribution in [3.8, 4) is 5.75 Å². The van der Waals surface area contributed by atoms with Gasteiger partial charge in [-0.05, 0) is 47.2 Å². The largest absolute Gasteiger partial charge is 0.488 e. The van der Waals surface area contributed by atoms with E-state index in [0.717, 1.165) is 33.7 Å². The van der Waals surface area contributed by atoms with E-state index >= 15 is 0 Å². The zero-order valence-electron chi connectivity index (χ0n) is 16.6. The number of amidine groups is 1. The first-order valence-corrected chi connectivity index (χ1v) is 10.3. The van der Waals surface area contributed by atoms with Gasteiger partial charge in [-0.15, -0.1) is 0 Å². The first-order valence-electron chi connectivity index (χ1n) is 9.50. The Kier molecular flexibility index (Phi) is 5.68. The average molecular weight is 417 g/mol. The van der Waals surface area contributed by atoms with Crippen molar-refractivity contribution >= 4 is 45.6 Å². The molecule has 6 heteroatoms. The molecule has 0 saturated heterocycles. The Morgan fingerprint density at radius 3 is 2.63 bits per heavy atom. The average Bonchev–Trinajstić information content (AvgIpc) is 3.06. The Morgan fingerprint density at radius 2 is 1.87 bits per heavy atom. The van der Waals surface area contributed by atoms with Crippen LogP contribution in [-0.2, 0) is 16.2 Å². The van der Waals surface area contributed by atoms with E-state index in [1.54, 1.807) is 6.08 Å². The summed E-state index contributed by atoms with van der Waals surface area (Å²) in [7, 11) is 0.